The molecule has 2 heterocycles. The molecule has 1 amide bonds. The number of nitrogens with one attached hydrogen (secondary N) is 3. The van der Waals surface area contributed by atoms with Gasteiger partial charge < -0.3 is 4.90 Å². The standard InChI is InChI=1S/C19H22N4O/c1-12(2)19(24)23-11-13-7-3-4-8-14(13)17-18(21-22-20-17)15-9-5-6-10-16(15)23/h3-10,12,17-18,20-22H,11H2,1-2H3. The van der Waals surface area contributed by atoms with E-state index >= 15 is 0 Å². The number of hydrogen-bond acceptors (Lipinski definition) is 4. The van der Waals surface area contributed by atoms with Crippen molar-refractivity contribution < 1.29 is 4.79 Å². The molecular weight excluding hydrogens is 300 g/mol. The van der Waals surface area contributed by atoms with Crippen LogP contribution >= 0.6 is 0 Å². The van der Waals surface area contributed by atoms with Gasteiger partial charge in [-0.3, -0.25) is 4.79 Å². The molecule has 5 nitrogen and oxygen atoms in total. The molecule has 3 N–H and O–H groups in total. The number of fused-ring (bicyclic) bond motifs is 5. The zero-order valence-electron chi connectivity index (χ0n) is 13.9. The van der Waals surface area contributed by atoms with Crippen molar-refractivity contribution in [3.8, 4) is 0 Å². The fraction of sp³-hybridized carbons (Fsp3) is 0.316. The Kier molecular flexibility index (Phi) is 3.84. The second-order valence-corrected chi connectivity index (χ2v) is 6.71. The number of carbonyl (C=O) groups is 1. The average molecular weight is 322 g/mol. The molecule has 124 valence electrons. The van der Waals surface area contributed by atoms with Gasteiger partial charge in [0, 0.05) is 11.6 Å². The highest BCUT2D eigenvalue weighted by Gasteiger charge is 2.36. The Morgan fingerprint density at radius 2 is 1.62 bits per heavy atom. The van der Waals surface area contributed by atoms with Crippen LogP contribution in [0, 0.1) is 5.92 Å². The molecule has 2 aliphatic heterocycles. The number of para-hydroxylation sites is 1. The molecule has 4 rings (SSSR count). The van der Waals surface area contributed by atoms with Crippen LogP contribution in [-0.2, 0) is 11.3 Å². The summed E-state index contributed by atoms with van der Waals surface area (Å²) in [7, 11) is 0. The van der Waals surface area contributed by atoms with Crippen molar-refractivity contribution in [1.29, 1.82) is 0 Å². The van der Waals surface area contributed by atoms with Gasteiger partial charge in [0.2, 0.25) is 5.91 Å². The number of rotatable bonds is 1. The summed E-state index contributed by atoms with van der Waals surface area (Å²) in [5, 5.41) is 0. The number of benzene rings is 2. The highest BCUT2D eigenvalue weighted by atomic mass is 16.2. The maximum atomic E-state index is 12.9. The smallest absolute Gasteiger partial charge is 0.229 e. The van der Waals surface area contributed by atoms with E-state index in [1.807, 2.05) is 43.0 Å². The van der Waals surface area contributed by atoms with E-state index in [1.165, 1.54) is 11.1 Å². The Hall–Kier alpha value is -2.21. The number of amides is 1. The second kappa shape index (κ2) is 6.02. The first-order chi connectivity index (χ1) is 11.7. The Balaban J connectivity index is 1.91. The summed E-state index contributed by atoms with van der Waals surface area (Å²) in [5.74, 6) is 0.0999. The predicted molar refractivity (Wildman–Crippen MR) is 93.8 cm³/mol. The number of hydrogen-bond donors (Lipinski definition) is 3. The third-order valence-electron chi connectivity index (χ3n) is 4.83. The molecule has 2 unspecified atom stereocenters. The van der Waals surface area contributed by atoms with Crippen molar-refractivity contribution >= 4 is 11.6 Å². The summed E-state index contributed by atoms with van der Waals surface area (Å²) < 4.78 is 0. The van der Waals surface area contributed by atoms with Crippen molar-refractivity contribution in [2.75, 3.05) is 4.90 Å². The van der Waals surface area contributed by atoms with E-state index in [-0.39, 0.29) is 23.9 Å². The Morgan fingerprint density at radius 1 is 1.00 bits per heavy atom. The van der Waals surface area contributed by atoms with E-state index in [4.69, 9.17) is 0 Å². The van der Waals surface area contributed by atoms with Gasteiger partial charge in [0.05, 0.1) is 18.6 Å². The van der Waals surface area contributed by atoms with Crippen LogP contribution in [0.5, 0.6) is 0 Å². The Bertz CT molecular complexity index is 773. The Labute approximate surface area is 142 Å². The van der Waals surface area contributed by atoms with Crippen molar-refractivity contribution in [3.05, 3.63) is 65.2 Å². The van der Waals surface area contributed by atoms with Gasteiger partial charge in [-0.1, -0.05) is 56.3 Å². The van der Waals surface area contributed by atoms with Crippen LogP contribution in [0.3, 0.4) is 0 Å². The molecule has 2 aliphatic rings. The van der Waals surface area contributed by atoms with Crippen molar-refractivity contribution in [2.24, 2.45) is 5.92 Å². The number of nitrogens with zero attached hydrogens (tertiary/aromatic N) is 1. The number of hydrazine groups is 2. The van der Waals surface area contributed by atoms with Crippen molar-refractivity contribution in [2.45, 2.75) is 32.5 Å². The molecule has 2 atom stereocenters. The minimum absolute atomic E-state index is 0.0479. The predicted octanol–water partition coefficient (Wildman–Crippen LogP) is 2.58. The first kappa shape index (κ1) is 15.3. The third kappa shape index (κ3) is 2.41. The summed E-state index contributed by atoms with van der Waals surface area (Å²) >= 11 is 0. The number of anilines is 1. The molecule has 1 saturated heterocycles. The molecule has 1 fully saturated rings. The van der Waals surface area contributed by atoms with Gasteiger partial charge >= 0.3 is 0 Å². The largest absolute Gasteiger partial charge is 0.307 e. The monoisotopic (exact) mass is 322 g/mol. The molecule has 0 aliphatic carbocycles. The molecule has 0 saturated carbocycles. The zero-order chi connectivity index (χ0) is 16.7. The minimum atomic E-state index is -0.0479. The lowest BCUT2D eigenvalue weighted by atomic mass is 9.88. The Morgan fingerprint density at radius 3 is 2.38 bits per heavy atom. The SMILES string of the molecule is CC(C)C(=O)N1Cc2ccccc2C2NNNC2c2ccccc21. The molecule has 5 heteroatoms. The van der Waals surface area contributed by atoms with Crippen LogP contribution in [0.4, 0.5) is 5.69 Å². The topological polar surface area (TPSA) is 56.4 Å². The summed E-state index contributed by atoms with van der Waals surface area (Å²) in [6.45, 7) is 4.50. The number of carbonyl (C=O) groups excluding carboxylic acids is 1. The van der Waals surface area contributed by atoms with Gasteiger partial charge in [-0.2, -0.15) is 5.53 Å². The highest BCUT2D eigenvalue weighted by Crippen LogP contribution is 2.40. The quantitative estimate of drug-likeness (QED) is 0.755. The molecule has 0 spiro atoms. The lowest BCUT2D eigenvalue weighted by molar-refractivity contribution is -0.121. The molecule has 0 radical (unpaired) electrons. The van der Waals surface area contributed by atoms with Crippen LogP contribution < -0.4 is 21.3 Å². The third-order valence-corrected chi connectivity index (χ3v) is 4.83. The van der Waals surface area contributed by atoms with Crippen LogP contribution in [-0.4, -0.2) is 5.91 Å². The van der Waals surface area contributed by atoms with Crippen molar-refractivity contribution in [1.82, 2.24) is 16.4 Å². The molecular formula is C19H22N4O. The van der Waals surface area contributed by atoms with Crippen LogP contribution in [0.15, 0.2) is 48.5 Å². The minimum Gasteiger partial charge on any atom is -0.307 e. The molecule has 0 aromatic heterocycles. The van der Waals surface area contributed by atoms with Crippen molar-refractivity contribution in [3.63, 3.8) is 0 Å². The van der Waals surface area contributed by atoms with Gasteiger partial charge in [-0.25, -0.2) is 10.9 Å². The van der Waals surface area contributed by atoms with Crippen LogP contribution in [0.2, 0.25) is 0 Å². The van der Waals surface area contributed by atoms with Crippen LogP contribution in [0.1, 0.15) is 42.6 Å². The first-order valence-corrected chi connectivity index (χ1v) is 8.41. The molecule has 0 bridgehead atoms. The lowest BCUT2D eigenvalue weighted by Gasteiger charge is -2.34. The van der Waals surface area contributed by atoms with Gasteiger partial charge in [0.15, 0.2) is 0 Å². The van der Waals surface area contributed by atoms with Gasteiger partial charge in [-0.05, 0) is 22.8 Å². The van der Waals surface area contributed by atoms with E-state index in [2.05, 4.69) is 40.7 Å². The van der Waals surface area contributed by atoms with Crippen LogP contribution in [0.25, 0.3) is 0 Å². The first-order valence-electron chi connectivity index (χ1n) is 8.41. The van der Waals surface area contributed by atoms with E-state index in [0.717, 1.165) is 11.3 Å². The van der Waals surface area contributed by atoms with E-state index in [1.54, 1.807) is 0 Å². The molecule has 2 aromatic carbocycles. The normalized spacial score (nSPS) is 22.4. The molecule has 24 heavy (non-hydrogen) atoms. The maximum absolute atomic E-state index is 12.9. The summed E-state index contributed by atoms with van der Waals surface area (Å²) in [6, 6.07) is 16.7. The van der Waals surface area contributed by atoms with E-state index in [0.29, 0.717) is 6.54 Å². The van der Waals surface area contributed by atoms with Gasteiger partial charge in [-0.15, -0.1) is 0 Å². The fourth-order valence-electron chi connectivity index (χ4n) is 3.62. The fourth-order valence-corrected chi connectivity index (χ4v) is 3.62. The summed E-state index contributed by atoms with van der Waals surface area (Å²) in [5.41, 5.74) is 14.2. The summed E-state index contributed by atoms with van der Waals surface area (Å²) in [6.07, 6.45) is 0. The highest BCUT2D eigenvalue weighted by molar-refractivity contribution is 5.95. The lowest BCUT2D eigenvalue weighted by Crippen LogP contribution is -2.37. The van der Waals surface area contributed by atoms with E-state index < -0.39 is 0 Å². The zero-order valence-corrected chi connectivity index (χ0v) is 13.9. The van der Waals surface area contributed by atoms with Gasteiger partial charge in [0.25, 0.3) is 0 Å². The second-order valence-electron chi connectivity index (χ2n) is 6.71. The maximum Gasteiger partial charge on any atom is 0.229 e. The average Bonchev–Trinajstić information content (AvgIpc) is 3.07. The van der Waals surface area contributed by atoms with E-state index in [9.17, 15) is 4.79 Å². The molecule has 2 aromatic rings. The summed E-state index contributed by atoms with van der Waals surface area (Å²) in [4.78, 5) is 14.8. The van der Waals surface area contributed by atoms with Gasteiger partial charge in [0.1, 0.15) is 0 Å².